The van der Waals surface area contributed by atoms with Crippen LogP contribution in [0.5, 0.6) is 0 Å². The first-order chi connectivity index (χ1) is 8.07. The summed E-state index contributed by atoms with van der Waals surface area (Å²) in [5.41, 5.74) is 0. The predicted octanol–water partition coefficient (Wildman–Crippen LogP) is 2.76. The van der Waals surface area contributed by atoms with Crippen LogP contribution in [-0.2, 0) is 0 Å². The molecule has 1 heterocycles. The van der Waals surface area contributed by atoms with Crippen molar-refractivity contribution >= 4 is 11.8 Å². The van der Waals surface area contributed by atoms with E-state index in [1.54, 1.807) is 0 Å². The molecule has 0 radical (unpaired) electrons. The van der Waals surface area contributed by atoms with Gasteiger partial charge < -0.3 is 10.0 Å². The van der Waals surface area contributed by atoms with Crippen LogP contribution in [0.3, 0.4) is 0 Å². The van der Waals surface area contributed by atoms with Crippen molar-refractivity contribution in [1.29, 1.82) is 0 Å². The Hall–Kier alpha value is 0.270. The van der Waals surface area contributed by atoms with Crippen LogP contribution >= 0.6 is 11.8 Å². The van der Waals surface area contributed by atoms with E-state index in [2.05, 4.69) is 30.5 Å². The van der Waals surface area contributed by atoms with Gasteiger partial charge in [-0.25, -0.2) is 0 Å². The summed E-state index contributed by atoms with van der Waals surface area (Å²) >= 11 is 2.10. The first kappa shape index (κ1) is 13.7. The molecular weight excluding hydrogens is 230 g/mol. The zero-order chi connectivity index (χ0) is 12.3. The third-order valence-corrected chi connectivity index (χ3v) is 5.66. The van der Waals surface area contributed by atoms with Crippen LogP contribution in [0.25, 0.3) is 0 Å². The third kappa shape index (κ3) is 4.15. The Morgan fingerprint density at radius 2 is 2.00 bits per heavy atom. The molecule has 0 aromatic carbocycles. The lowest BCUT2D eigenvalue weighted by molar-refractivity contribution is 0.0475. The maximum atomic E-state index is 10.0. The Morgan fingerprint density at radius 3 is 2.76 bits per heavy atom. The zero-order valence-electron chi connectivity index (χ0n) is 11.3. The smallest absolute Gasteiger partial charge is 0.0580 e. The van der Waals surface area contributed by atoms with Crippen molar-refractivity contribution in [2.45, 2.75) is 56.8 Å². The van der Waals surface area contributed by atoms with Crippen LogP contribution in [0.2, 0.25) is 0 Å². The second-order valence-corrected chi connectivity index (χ2v) is 8.07. The highest BCUT2D eigenvalue weighted by Gasteiger charge is 2.28. The number of aliphatic hydroxyl groups excluding tert-OH is 1. The van der Waals surface area contributed by atoms with Gasteiger partial charge in [0.25, 0.3) is 0 Å². The van der Waals surface area contributed by atoms with E-state index >= 15 is 0 Å². The van der Waals surface area contributed by atoms with Gasteiger partial charge in [-0.1, -0.05) is 26.7 Å². The van der Waals surface area contributed by atoms with Crippen LogP contribution in [0.4, 0.5) is 0 Å². The largest absolute Gasteiger partial charge is 0.393 e. The van der Waals surface area contributed by atoms with Crippen molar-refractivity contribution in [3.05, 3.63) is 0 Å². The van der Waals surface area contributed by atoms with Gasteiger partial charge >= 0.3 is 0 Å². The lowest BCUT2D eigenvalue weighted by Crippen LogP contribution is -2.38. The quantitative estimate of drug-likeness (QED) is 0.823. The summed E-state index contributed by atoms with van der Waals surface area (Å²) in [4.78, 5) is 2.58. The van der Waals surface area contributed by atoms with E-state index < -0.39 is 0 Å². The molecule has 100 valence electrons. The molecule has 0 aromatic heterocycles. The lowest BCUT2D eigenvalue weighted by atomic mass is 9.86. The Balaban J connectivity index is 1.82. The molecule has 0 spiro atoms. The van der Waals surface area contributed by atoms with Crippen molar-refractivity contribution < 1.29 is 5.11 Å². The van der Waals surface area contributed by atoms with Crippen molar-refractivity contribution in [3.8, 4) is 0 Å². The van der Waals surface area contributed by atoms with Gasteiger partial charge in [-0.15, -0.1) is 0 Å². The van der Waals surface area contributed by atoms with Gasteiger partial charge in [0, 0.05) is 23.6 Å². The fourth-order valence-corrected chi connectivity index (χ4v) is 4.12. The summed E-state index contributed by atoms with van der Waals surface area (Å²) in [6.45, 7) is 8.26. The summed E-state index contributed by atoms with van der Waals surface area (Å²) in [5, 5.41) is 10.0. The zero-order valence-corrected chi connectivity index (χ0v) is 12.1. The van der Waals surface area contributed by atoms with E-state index in [-0.39, 0.29) is 6.10 Å². The highest BCUT2D eigenvalue weighted by molar-refractivity contribution is 8.00. The summed E-state index contributed by atoms with van der Waals surface area (Å²) in [6.07, 6.45) is 6.04. The van der Waals surface area contributed by atoms with Crippen molar-refractivity contribution in [3.63, 3.8) is 0 Å². The Morgan fingerprint density at radius 1 is 1.24 bits per heavy atom. The molecule has 1 aliphatic heterocycles. The third-order valence-electron chi connectivity index (χ3n) is 4.29. The second-order valence-electron chi connectivity index (χ2n) is 6.27. The Kier molecular flexibility index (Phi) is 4.79. The minimum absolute atomic E-state index is 0.0346. The molecule has 2 nitrogen and oxygen atoms in total. The minimum atomic E-state index is -0.0346. The molecule has 1 saturated heterocycles. The first-order valence-electron chi connectivity index (χ1n) is 7.11. The molecule has 3 heteroatoms. The number of aliphatic hydroxyl groups is 1. The van der Waals surface area contributed by atoms with Crippen molar-refractivity contribution in [1.82, 2.24) is 4.90 Å². The van der Waals surface area contributed by atoms with Gasteiger partial charge in [0.1, 0.15) is 0 Å². The average Bonchev–Trinajstić information content (AvgIpc) is 2.44. The molecule has 2 rings (SSSR count). The summed E-state index contributed by atoms with van der Waals surface area (Å²) in [6, 6.07) is 0. The van der Waals surface area contributed by atoms with Gasteiger partial charge in [0.15, 0.2) is 0 Å². The lowest BCUT2D eigenvalue weighted by Gasteiger charge is -2.32. The monoisotopic (exact) mass is 257 g/mol. The molecule has 2 fully saturated rings. The summed E-state index contributed by atoms with van der Waals surface area (Å²) < 4.78 is 0.444. The van der Waals surface area contributed by atoms with E-state index in [1.807, 2.05) is 0 Å². The Bertz CT molecular complexity index is 244. The molecule has 0 aromatic rings. The summed E-state index contributed by atoms with van der Waals surface area (Å²) in [5.74, 6) is 1.78. The standard InChI is InChI=1S/C14H27NOS/c1-14(2)7-8-15(9-10-17-14)11-12-5-3-4-6-13(12)16/h12-13,16H,3-11H2,1-2H3. The van der Waals surface area contributed by atoms with Crippen LogP contribution in [0.15, 0.2) is 0 Å². The molecule has 2 unspecified atom stereocenters. The normalized spacial score (nSPS) is 35.5. The maximum absolute atomic E-state index is 10.0. The van der Waals surface area contributed by atoms with Crippen LogP contribution in [0.1, 0.15) is 46.0 Å². The van der Waals surface area contributed by atoms with Crippen LogP contribution < -0.4 is 0 Å². The topological polar surface area (TPSA) is 23.5 Å². The molecule has 0 amide bonds. The van der Waals surface area contributed by atoms with Gasteiger partial charge in [0.2, 0.25) is 0 Å². The highest BCUT2D eigenvalue weighted by atomic mass is 32.2. The molecule has 2 atom stereocenters. The fraction of sp³-hybridized carbons (Fsp3) is 1.00. The summed E-state index contributed by atoms with van der Waals surface area (Å²) in [7, 11) is 0. The number of thioether (sulfide) groups is 1. The number of nitrogens with zero attached hydrogens (tertiary/aromatic N) is 1. The minimum Gasteiger partial charge on any atom is -0.393 e. The maximum Gasteiger partial charge on any atom is 0.0580 e. The molecular formula is C14H27NOS. The molecule has 0 bridgehead atoms. The molecule has 1 N–H and O–H groups in total. The SMILES string of the molecule is CC1(C)CCN(CC2CCCCC2O)CCS1. The van der Waals surface area contributed by atoms with Gasteiger partial charge in [0.05, 0.1) is 6.10 Å². The van der Waals surface area contributed by atoms with Gasteiger partial charge in [-0.2, -0.15) is 11.8 Å². The van der Waals surface area contributed by atoms with Gasteiger partial charge in [-0.3, -0.25) is 0 Å². The first-order valence-corrected chi connectivity index (χ1v) is 8.10. The van der Waals surface area contributed by atoms with E-state index in [0.29, 0.717) is 10.7 Å². The fourth-order valence-electron chi connectivity index (χ4n) is 2.98. The predicted molar refractivity (Wildman–Crippen MR) is 75.6 cm³/mol. The van der Waals surface area contributed by atoms with E-state index in [1.165, 1.54) is 44.5 Å². The van der Waals surface area contributed by atoms with Crippen molar-refractivity contribution in [2.75, 3.05) is 25.4 Å². The number of rotatable bonds is 2. The Labute approximate surface area is 110 Å². The molecule has 17 heavy (non-hydrogen) atoms. The number of hydrogen-bond donors (Lipinski definition) is 1. The van der Waals surface area contributed by atoms with Crippen LogP contribution in [-0.4, -0.2) is 46.2 Å². The van der Waals surface area contributed by atoms with Crippen molar-refractivity contribution in [2.24, 2.45) is 5.92 Å². The second kappa shape index (κ2) is 5.94. The molecule has 2 aliphatic rings. The van der Waals surface area contributed by atoms with Crippen LogP contribution in [0, 0.1) is 5.92 Å². The van der Waals surface area contributed by atoms with E-state index in [4.69, 9.17) is 0 Å². The average molecular weight is 257 g/mol. The van der Waals surface area contributed by atoms with E-state index in [9.17, 15) is 5.11 Å². The highest BCUT2D eigenvalue weighted by Crippen LogP contribution is 2.32. The van der Waals surface area contributed by atoms with E-state index in [0.717, 1.165) is 13.0 Å². The number of hydrogen-bond acceptors (Lipinski definition) is 3. The molecule has 1 aliphatic carbocycles. The van der Waals surface area contributed by atoms with Gasteiger partial charge in [-0.05, 0) is 31.7 Å². The molecule has 1 saturated carbocycles.